The Morgan fingerprint density at radius 1 is 1.05 bits per heavy atom. The van der Waals surface area contributed by atoms with Crippen LogP contribution in [0.4, 0.5) is 32.2 Å². The predicted octanol–water partition coefficient (Wildman–Crippen LogP) is 5.50. The van der Waals surface area contributed by atoms with Crippen LogP contribution in [0.1, 0.15) is 38.3 Å². The van der Waals surface area contributed by atoms with Crippen LogP contribution in [0.5, 0.6) is 0 Å². The fraction of sp³-hybridized carbons (Fsp3) is 0.280. The molecule has 2 aromatic carbocycles. The summed E-state index contributed by atoms with van der Waals surface area (Å²) >= 11 is 6.21. The van der Waals surface area contributed by atoms with Gasteiger partial charge in [-0.05, 0) is 35.9 Å². The zero-order valence-electron chi connectivity index (χ0n) is 20.8. The van der Waals surface area contributed by atoms with Gasteiger partial charge in [0.25, 0.3) is 0 Å². The highest BCUT2D eigenvalue weighted by molar-refractivity contribution is 6.35. The molecule has 0 aliphatic heterocycles. The first-order valence-electron chi connectivity index (χ1n) is 11.5. The molecule has 0 amide bonds. The zero-order valence-corrected chi connectivity index (χ0v) is 21.6. The van der Waals surface area contributed by atoms with Crippen molar-refractivity contribution in [3.8, 4) is 11.5 Å². The molecule has 0 aliphatic carbocycles. The summed E-state index contributed by atoms with van der Waals surface area (Å²) in [7, 11) is 3.07. The number of aliphatic hydroxyl groups excluding tert-OH is 1. The second kappa shape index (κ2) is 10.9. The molecule has 212 valence electrons. The maximum absolute atomic E-state index is 13.5. The molecular formula is C25H20ClF6N5O3. The van der Waals surface area contributed by atoms with E-state index in [9.17, 15) is 36.2 Å². The van der Waals surface area contributed by atoms with E-state index in [-0.39, 0.29) is 63.8 Å². The Bertz CT molecular complexity index is 1510. The van der Waals surface area contributed by atoms with Crippen molar-refractivity contribution in [1.29, 1.82) is 0 Å². The maximum Gasteiger partial charge on any atom is 0.416 e. The van der Waals surface area contributed by atoms with Gasteiger partial charge in [-0.3, -0.25) is 4.79 Å². The largest absolute Gasteiger partial charge is 0.416 e. The van der Waals surface area contributed by atoms with Crippen LogP contribution >= 0.6 is 11.6 Å². The van der Waals surface area contributed by atoms with E-state index in [2.05, 4.69) is 15.5 Å². The van der Waals surface area contributed by atoms with E-state index >= 15 is 0 Å². The molecular weight excluding hydrogens is 568 g/mol. The molecule has 0 unspecified atom stereocenters. The van der Waals surface area contributed by atoms with Crippen LogP contribution < -0.4 is 4.90 Å². The number of aliphatic hydroxyl groups is 1. The summed E-state index contributed by atoms with van der Waals surface area (Å²) in [4.78, 5) is 15.0. The monoisotopic (exact) mass is 587 g/mol. The van der Waals surface area contributed by atoms with Crippen molar-refractivity contribution < 1.29 is 40.8 Å². The zero-order chi connectivity index (χ0) is 29.4. The molecule has 0 radical (unpaired) electrons. The summed E-state index contributed by atoms with van der Waals surface area (Å²) in [6.07, 6.45) is -10.1. The summed E-state index contributed by atoms with van der Waals surface area (Å²) in [5, 5.41) is 21.5. The van der Waals surface area contributed by atoms with Crippen LogP contribution in [-0.4, -0.2) is 51.7 Å². The van der Waals surface area contributed by atoms with Gasteiger partial charge in [0.1, 0.15) is 0 Å². The van der Waals surface area contributed by atoms with Gasteiger partial charge in [-0.25, -0.2) is 4.68 Å². The van der Waals surface area contributed by atoms with Crippen molar-refractivity contribution in [2.45, 2.75) is 25.3 Å². The number of rotatable bonds is 8. The number of ketones is 1. The van der Waals surface area contributed by atoms with Crippen LogP contribution in [0, 0.1) is 0 Å². The average molecular weight is 588 g/mol. The summed E-state index contributed by atoms with van der Waals surface area (Å²) in [6.45, 7) is -0.905. The van der Waals surface area contributed by atoms with E-state index in [1.54, 1.807) is 12.1 Å². The lowest BCUT2D eigenvalue weighted by Crippen LogP contribution is -2.18. The van der Waals surface area contributed by atoms with Gasteiger partial charge in [-0.1, -0.05) is 34.1 Å². The Morgan fingerprint density at radius 3 is 2.23 bits per heavy atom. The topological polar surface area (TPSA) is 97.3 Å². The number of hydrogen-bond donors (Lipinski definition) is 1. The first-order chi connectivity index (χ1) is 18.7. The third kappa shape index (κ3) is 5.82. The molecule has 2 heterocycles. The number of benzene rings is 2. The molecule has 0 fully saturated rings. The molecule has 40 heavy (non-hydrogen) atoms. The second-order valence-corrected chi connectivity index (χ2v) is 9.25. The van der Waals surface area contributed by atoms with E-state index < -0.39 is 35.8 Å². The molecule has 1 N–H and O–H groups in total. The standard InChI is InChI=1S/C25H20ClF6N5O3/c1-36(2)23-20(22-19(18(7-8-38)34-40-22)21(39)16-5-3-4-6-17(16)26)33-35-37(23)12-13-9-14(24(27,28)29)11-15(10-13)25(30,31)32/h3-6,9-11,38H,7-8,12H2,1-2H3. The third-order valence-electron chi connectivity index (χ3n) is 5.78. The average Bonchev–Trinajstić information content (AvgIpc) is 3.47. The first kappa shape index (κ1) is 29.1. The van der Waals surface area contributed by atoms with Gasteiger partial charge in [-0.2, -0.15) is 26.3 Å². The fourth-order valence-corrected chi connectivity index (χ4v) is 4.28. The lowest BCUT2D eigenvalue weighted by molar-refractivity contribution is -0.143. The van der Waals surface area contributed by atoms with Crippen LogP contribution in [0.2, 0.25) is 5.02 Å². The number of hydrogen-bond acceptors (Lipinski definition) is 7. The number of halogens is 7. The minimum atomic E-state index is -5.02. The summed E-state index contributed by atoms with van der Waals surface area (Å²) in [6, 6.07) is 7.40. The van der Waals surface area contributed by atoms with Gasteiger partial charge in [0.05, 0.1) is 34.0 Å². The van der Waals surface area contributed by atoms with Crippen molar-refractivity contribution in [2.75, 3.05) is 25.6 Å². The van der Waals surface area contributed by atoms with E-state index in [0.29, 0.717) is 12.1 Å². The number of anilines is 1. The molecule has 8 nitrogen and oxygen atoms in total. The van der Waals surface area contributed by atoms with Crippen LogP contribution in [-0.2, 0) is 25.3 Å². The summed E-state index contributed by atoms with van der Waals surface area (Å²) < 4.78 is 86.7. The fourth-order valence-electron chi connectivity index (χ4n) is 4.06. The van der Waals surface area contributed by atoms with E-state index in [1.165, 1.54) is 31.1 Å². The van der Waals surface area contributed by atoms with Gasteiger partial charge in [0, 0.05) is 32.7 Å². The van der Waals surface area contributed by atoms with E-state index in [0.717, 1.165) is 4.68 Å². The molecule has 4 aromatic rings. The van der Waals surface area contributed by atoms with Gasteiger partial charge in [0.15, 0.2) is 17.3 Å². The Hall–Kier alpha value is -3.91. The van der Waals surface area contributed by atoms with Crippen LogP contribution in [0.15, 0.2) is 47.0 Å². The molecule has 0 saturated carbocycles. The van der Waals surface area contributed by atoms with Gasteiger partial charge in [0.2, 0.25) is 5.76 Å². The summed E-state index contributed by atoms with van der Waals surface area (Å²) in [5.41, 5.74) is -3.21. The predicted molar refractivity (Wildman–Crippen MR) is 131 cm³/mol. The molecule has 0 aliphatic rings. The molecule has 0 spiro atoms. The molecule has 0 bridgehead atoms. The van der Waals surface area contributed by atoms with Crippen LogP contribution in [0.3, 0.4) is 0 Å². The lowest BCUT2D eigenvalue weighted by atomic mass is 9.99. The summed E-state index contributed by atoms with van der Waals surface area (Å²) in [5.74, 6) is -0.661. The first-order valence-corrected chi connectivity index (χ1v) is 11.9. The maximum atomic E-state index is 13.5. The van der Waals surface area contributed by atoms with Gasteiger partial charge >= 0.3 is 12.4 Å². The SMILES string of the molecule is CN(C)c1c(-c2onc(CCO)c2C(=O)c2ccccc2Cl)nnn1Cc1cc(C(F)(F)F)cc(C(F)(F)F)c1. The molecule has 2 aromatic heterocycles. The van der Waals surface area contributed by atoms with Gasteiger partial charge < -0.3 is 14.5 Å². The van der Waals surface area contributed by atoms with Crippen molar-refractivity contribution >= 4 is 23.2 Å². The number of carbonyl (C=O) groups excluding carboxylic acids is 1. The van der Waals surface area contributed by atoms with Gasteiger partial charge in [-0.15, -0.1) is 5.10 Å². The van der Waals surface area contributed by atoms with Crippen molar-refractivity contribution in [3.05, 3.63) is 81.0 Å². The Morgan fingerprint density at radius 2 is 1.68 bits per heavy atom. The Balaban J connectivity index is 1.84. The number of alkyl halides is 6. The minimum Gasteiger partial charge on any atom is -0.396 e. The minimum absolute atomic E-state index is 0.0347. The highest BCUT2D eigenvalue weighted by Crippen LogP contribution is 2.38. The number of aromatic nitrogens is 4. The second-order valence-electron chi connectivity index (χ2n) is 8.84. The quantitative estimate of drug-likeness (QED) is 0.215. The van der Waals surface area contributed by atoms with Crippen LogP contribution in [0.25, 0.3) is 11.5 Å². The highest BCUT2D eigenvalue weighted by atomic mass is 35.5. The Kier molecular flexibility index (Phi) is 7.94. The normalized spacial score (nSPS) is 12.2. The van der Waals surface area contributed by atoms with Crippen molar-refractivity contribution in [3.63, 3.8) is 0 Å². The number of carbonyl (C=O) groups is 1. The highest BCUT2D eigenvalue weighted by Gasteiger charge is 2.37. The molecule has 0 saturated heterocycles. The molecule has 0 atom stereocenters. The number of nitrogens with zero attached hydrogens (tertiary/aromatic N) is 5. The lowest BCUT2D eigenvalue weighted by Gasteiger charge is -2.17. The van der Waals surface area contributed by atoms with E-state index in [4.69, 9.17) is 16.1 Å². The molecule has 15 heteroatoms. The van der Waals surface area contributed by atoms with Crippen molar-refractivity contribution in [1.82, 2.24) is 20.2 Å². The third-order valence-corrected chi connectivity index (χ3v) is 6.11. The molecule has 4 rings (SSSR count). The Labute approximate surface area is 227 Å². The van der Waals surface area contributed by atoms with E-state index in [1.807, 2.05) is 0 Å². The van der Waals surface area contributed by atoms with Crippen molar-refractivity contribution in [2.24, 2.45) is 0 Å². The smallest absolute Gasteiger partial charge is 0.396 e.